The summed E-state index contributed by atoms with van der Waals surface area (Å²) >= 11 is 12.4. The van der Waals surface area contributed by atoms with E-state index in [0.717, 1.165) is 56.7 Å². The average Bonchev–Trinajstić information content (AvgIpc) is 3.53. The van der Waals surface area contributed by atoms with Gasteiger partial charge in [0.2, 0.25) is 10.0 Å². The van der Waals surface area contributed by atoms with Crippen LogP contribution in [0.2, 0.25) is 28.2 Å². The number of aliphatic hydroxyl groups is 1. The zero-order chi connectivity index (χ0) is 32.3. The first kappa shape index (κ1) is 32.2. The summed E-state index contributed by atoms with van der Waals surface area (Å²) in [5, 5.41) is 10.9. The van der Waals surface area contributed by atoms with Crippen LogP contribution in [0.4, 0.5) is 0 Å². The molecule has 11 heteroatoms. The summed E-state index contributed by atoms with van der Waals surface area (Å²) in [5.41, 5.74) is 2.91. The van der Waals surface area contributed by atoms with Crippen LogP contribution < -0.4 is 9.16 Å². The van der Waals surface area contributed by atoms with E-state index in [0.29, 0.717) is 33.5 Å². The van der Waals surface area contributed by atoms with Gasteiger partial charge in [0.25, 0.3) is 8.32 Å². The van der Waals surface area contributed by atoms with Crippen molar-refractivity contribution in [2.45, 2.75) is 106 Å². The van der Waals surface area contributed by atoms with Gasteiger partial charge in [0.1, 0.15) is 11.9 Å². The Hall–Kier alpha value is -1.33. The van der Waals surface area contributed by atoms with Gasteiger partial charge >= 0.3 is 0 Å². The normalized spacial score (nSPS) is 32.3. The molecule has 45 heavy (non-hydrogen) atoms. The number of hydrogen-bond donors (Lipinski definition) is 1. The first-order valence-electron chi connectivity index (χ1n) is 16.4. The number of likely N-dealkylation sites (N-methyl/N-ethyl adjacent to an activating group) is 1. The molecule has 2 heterocycles. The molecule has 2 bridgehead atoms. The van der Waals surface area contributed by atoms with Crippen molar-refractivity contribution in [1.29, 1.82) is 0 Å². The van der Waals surface area contributed by atoms with Crippen LogP contribution in [0.3, 0.4) is 0 Å². The summed E-state index contributed by atoms with van der Waals surface area (Å²) in [7, 11) is -4.16. The predicted octanol–water partition coefficient (Wildman–Crippen LogP) is 6.63. The number of hydrogen-bond acceptors (Lipinski definition) is 6. The Bertz CT molecular complexity index is 1630. The quantitative estimate of drug-likeness (QED) is 0.313. The Kier molecular flexibility index (Phi) is 7.76. The lowest BCUT2D eigenvalue weighted by Crippen LogP contribution is -2.69. The Morgan fingerprint density at radius 1 is 1.16 bits per heavy atom. The first-order valence-corrected chi connectivity index (χ1v) is 21.6. The second-order valence-electron chi connectivity index (χ2n) is 15.7. The highest BCUT2D eigenvalue weighted by Crippen LogP contribution is 2.65. The van der Waals surface area contributed by atoms with Crippen LogP contribution in [-0.4, -0.2) is 75.5 Å². The van der Waals surface area contributed by atoms with Gasteiger partial charge in [-0.25, -0.2) is 8.42 Å². The van der Waals surface area contributed by atoms with Crippen molar-refractivity contribution in [2.75, 3.05) is 20.1 Å². The molecule has 7 nitrogen and oxygen atoms in total. The number of sulfonamides is 1. The van der Waals surface area contributed by atoms with E-state index in [9.17, 15) is 13.5 Å². The summed E-state index contributed by atoms with van der Waals surface area (Å²) < 4.78 is 43.7. The Balaban J connectivity index is 1.27. The molecule has 7 atom stereocenters. The minimum absolute atomic E-state index is 0.0208. The van der Waals surface area contributed by atoms with E-state index in [-0.39, 0.29) is 34.5 Å². The lowest BCUT2D eigenvalue weighted by molar-refractivity contribution is -0.0758. The number of piperidine rings is 1. The largest absolute Gasteiger partial charge is 0.541 e. The fourth-order valence-corrected chi connectivity index (χ4v) is 11.3. The van der Waals surface area contributed by atoms with Crippen molar-refractivity contribution in [3.05, 3.63) is 57.1 Å². The van der Waals surface area contributed by atoms with Crippen molar-refractivity contribution < 1.29 is 22.7 Å². The highest BCUT2D eigenvalue weighted by atomic mass is 35.5. The lowest BCUT2D eigenvalue weighted by atomic mass is 9.51. The van der Waals surface area contributed by atoms with E-state index in [2.05, 4.69) is 50.9 Å². The highest BCUT2D eigenvalue weighted by Gasteiger charge is 2.67. The van der Waals surface area contributed by atoms with E-state index in [4.69, 9.17) is 32.4 Å². The van der Waals surface area contributed by atoms with E-state index >= 15 is 0 Å². The summed E-state index contributed by atoms with van der Waals surface area (Å²) in [5.74, 6) is 2.22. The van der Waals surface area contributed by atoms with Crippen LogP contribution in [0.15, 0.2) is 30.3 Å². The molecule has 2 aromatic carbocycles. The molecule has 246 valence electrons. The van der Waals surface area contributed by atoms with E-state index in [1.54, 1.807) is 29.6 Å². The Labute approximate surface area is 279 Å². The predicted molar refractivity (Wildman–Crippen MR) is 182 cm³/mol. The summed E-state index contributed by atoms with van der Waals surface area (Å²) in [6.45, 7) is 13.1. The Morgan fingerprint density at radius 3 is 2.56 bits per heavy atom. The molecule has 0 amide bonds. The lowest BCUT2D eigenvalue weighted by Gasteiger charge is -2.60. The summed E-state index contributed by atoms with van der Waals surface area (Å²) in [6.07, 6.45) is 3.92. The summed E-state index contributed by atoms with van der Waals surface area (Å²) in [4.78, 5) is 2.62. The number of ether oxygens (including phenoxy) is 1. The molecule has 1 N–H and O–H groups in total. The van der Waals surface area contributed by atoms with Crippen molar-refractivity contribution in [1.82, 2.24) is 9.21 Å². The van der Waals surface area contributed by atoms with Crippen LogP contribution in [-0.2, 0) is 27.6 Å². The minimum atomic E-state index is -3.70. The molecule has 1 spiro atoms. The molecule has 7 rings (SSSR count). The van der Waals surface area contributed by atoms with Crippen LogP contribution in [0.5, 0.6) is 11.5 Å². The molecule has 2 unspecified atom stereocenters. The van der Waals surface area contributed by atoms with Gasteiger partial charge in [0, 0.05) is 36.5 Å². The van der Waals surface area contributed by atoms with Gasteiger partial charge < -0.3 is 14.3 Å². The van der Waals surface area contributed by atoms with Gasteiger partial charge in [0.15, 0.2) is 5.75 Å². The molecule has 2 aromatic rings. The third-order valence-electron chi connectivity index (χ3n) is 12.2. The second kappa shape index (κ2) is 10.8. The van der Waals surface area contributed by atoms with Crippen molar-refractivity contribution in [2.24, 2.45) is 11.8 Å². The van der Waals surface area contributed by atoms with Gasteiger partial charge in [-0.1, -0.05) is 56.1 Å². The van der Waals surface area contributed by atoms with Crippen LogP contribution in [0.25, 0.3) is 0 Å². The molecular formula is C34H46Cl2N2O5SSi. The molecule has 3 aliphatic carbocycles. The van der Waals surface area contributed by atoms with E-state index < -0.39 is 18.3 Å². The smallest absolute Gasteiger partial charge is 0.250 e. The van der Waals surface area contributed by atoms with E-state index in [1.807, 2.05) is 0 Å². The van der Waals surface area contributed by atoms with Crippen LogP contribution in [0, 0.1) is 11.8 Å². The molecule has 2 saturated carbocycles. The molecule has 5 aliphatic rings. The maximum absolute atomic E-state index is 14.0. The second-order valence-corrected chi connectivity index (χ2v) is 23.3. The van der Waals surface area contributed by atoms with Gasteiger partial charge in [0.05, 0.1) is 27.9 Å². The third-order valence-corrected chi connectivity index (χ3v) is 19.1. The monoisotopic (exact) mass is 692 g/mol. The topological polar surface area (TPSA) is 79.3 Å². The van der Waals surface area contributed by atoms with Gasteiger partial charge in [-0.05, 0) is 92.0 Å². The number of halogens is 2. The fraction of sp³-hybridized carbons (Fsp3) is 0.647. The standard InChI is InChI=1S/C34H46Cl2N2O5SSi/c1-33(2,3)45(5,6)43-29-12-8-21-16-27-23-9-11-26(37(4)44(40,41)19-20-7-10-24(35)25(36)15-20)32-34(23,30(21)31(29)42-32)13-14-38(27)18-22-17-28(22)39/h7-8,10,12,15,22-23,26-28,32,39H,9,11,13-14,16-19H2,1-6H3/t22?,23-,26-,27+,28?,32-,34-/m0/s1. The number of nitrogens with zero attached hydrogens (tertiary/aromatic N) is 2. The van der Waals surface area contributed by atoms with Crippen LogP contribution >= 0.6 is 23.2 Å². The molecule has 0 radical (unpaired) electrons. The molecule has 2 aliphatic heterocycles. The number of rotatable bonds is 8. The SMILES string of the molecule is CN([C@H]1CC[C@H]2[C@H]3Cc4ccc(O[Si](C)(C)C(C)(C)C)c5c4[C@@]2(CCN3CC2CC2O)[C@H]1O5)S(=O)(=O)Cc1ccc(Cl)c(Cl)c1. The number of benzene rings is 2. The van der Waals surface area contributed by atoms with Crippen molar-refractivity contribution >= 4 is 41.5 Å². The van der Waals surface area contributed by atoms with E-state index in [1.165, 1.54) is 11.1 Å². The van der Waals surface area contributed by atoms with Crippen molar-refractivity contribution in [3.63, 3.8) is 0 Å². The highest BCUT2D eigenvalue weighted by molar-refractivity contribution is 7.88. The molecule has 3 fully saturated rings. The number of aliphatic hydroxyl groups excluding tert-OH is 1. The minimum Gasteiger partial charge on any atom is -0.541 e. The Morgan fingerprint density at radius 2 is 1.89 bits per heavy atom. The van der Waals surface area contributed by atoms with Gasteiger partial charge in [-0.15, -0.1) is 0 Å². The van der Waals surface area contributed by atoms with Gasteiger partial charge in [-0.3, -0.25) is 4.90 Å². The average molecular weight is 694 g/mol. The zero-order valence-electron chi connectivity index (χ0n) is 27.1. The van der Waals surface area contributed by atoms with Crippen molar-refractivity contribution in [3.8, 4) is 11.5 Å². The third kappa shape index (κ3) is 5.18. The molecular weight excluding hydrogens is 647 g/mol. The zero-order valence-corrected chi connectivity index (χ0v) is 30.5. The molecule has 0 aromatic heterocycles. The maximum Gasteiger partial charge on any atom is 0.250 e. The maximum atomic E-state index is 14.0. The fourth-order valence-electron chi connectivity index (χ4n) is 8.57. The first-order chi connectivity index (χ1) is 21.0. The van der Waals surface area contributed by atoms with Crippen LogP contribution in [0.1, 0.15) is 63.1 Å². The number of likely N-dealkylation sites (tertiary alicyclic amines) is 1. The summed E-state index contributed by atoms with van der Waals surface area (Å²) in [6, 6.07) is 9.41. The van der Waals surface area contributed by atoms with Gasteiger partial charge in [-0.2, -0.15) is 4.31 Å². The molecule has 1 saturated heterocycles.